The first-order valence-corrected chi connectivity index (χ1v) is 6.70. The van der Waals surface area contributed by atoms with Crippen molar-refractivity contribution in [2.24, 2.45) is 4.99 Å². The Morgan fingerprint density at radius 3 is 2.20 bits per heavy atom. The fraction of sp³-hybridized carbons (Fsp3) is 0.533. The fourth-order valence-corrected chi connectivity index (χ4v) is 2.49. The zero-order valence-electron chi connectivity index (χ0n) is 12.5. The van der Waals surface area contributed by atoms with Gasteiger partial charge in [-0.2, -0.15) is 0 Å². The monoisotopic (exact) mass is 281 g/mol. The van der Waals surface area contributed by atoms with Gasteiger partial charge in [-0.05, 0) is 24.5 Å². The number of benzene rings is 1. The molecular formula is C15H21F2N3. The quantitative estimate of drug-likeness (QED) is 0.626. The van der Waals surface area contributed by atoms with Crippen molar-refractivity contribution in [2.75, 3.05) is 34.7 Å². The topological polar surface area (TPSA) is 18.8 Å². The zero-order chi connectivity index (χ0) is 14.9. The highest BCUT2D eigenvalue weighted by Gasteiger charge is 2.46. The van der Waals surface area contributed by atoms with Gasteiger partial charge >= 0.3 is 0 Å². The Hall–Kier alpha value is -1.65. The predicted molar refractivity (Wildman–Crippen MR) is 76.9 cm³/mol. The molecule has 0 heterocycles. The molecular weight excluding hydrogens is 260 g/mol. The van der Waals surface area contributed by atoms with Crippen LogP contribution >= 0.6 is 0 Å². The summed E-state index contributed by atoms with van der Waals surface area (Å²) in [5.74, 6) is -0.152. The van der Waals surface area contributed by atoms with Crippen LogP contribution in [-0.2, 0) is 5.41 Å². The van der Waals surface area contributed by atoms with Crippen LogP contribution in [0.5, 0.6) is 0 Å². The van der Waals surface area contributed by atoms with Crippen LogP contribution in [0.1, 0.15) is 18.4 Å². The highest BCUT2D eigenvalue weighted by molar-refractivity contribution is 5.79. The van der Waals surface area contributed by atoms with Crippen molar-refractivity contribution in [3.05, 3.63) is 35.4 Å². The van der Waals surface area contributed by atoms with Gasteiger partial charge in [-0.1, -0.05) is 6.07 Å². The van der Waals surface area contributed by atoms with Crippen LogP contribution in [0.3, 0.4) is 0 Å². The Bertz CT molecular complexity index is 510. The summed E-state index contributed by atoms with van der Waals surface area (Å²) in [6.45, 7) is 0.529. The van der Waals surface area contributed by atoms with Gasteiger partial charge in [0.2, 0.25) is 0 Å². The molecule has 1 aromatic carbocycles. The van der Waals surface area contributed by atoms with E-state index in [1.54, 1.807) is 6.07 Å². The second-order valence-corrected chi connectivity index (χ2v) is 5.81. The van der Waals surface area contributed by atoms with Gasteiger partial charge in [0, 0.05) is 39.7 Å². The van der Waals surface area contributed by atoms with Gasteiger partial charge in [0.05, 0.1) is 6.54 Å². The second-order valence-electron chi connectivity index (χ2n) is 5.81. The molecule has 0 unspecified atom stereocenters. The average Bonchev–Trinajstić information content (AvgIpc) is 3.09. The van der Waals surface area contributed by atoms with E-state index in [-0.39, 0.29) is 5.41 Å². The molecule has 1 fully saturated rings. The van der Waals surface area contributed by atoms with Crippen molar-refractivity contribution in [1.82, 2.24) is 9.80 Å². The minimum absolute atomic E-state index is 0.255. The molecule has 1 aliphatic carbocycles. The van der Waals surface area contributed by atoms with Crippen molar-refractivity contribution in [3.63, 3.8) is 0 Å². The summed E-state index contributed by atoms with van der Waals surface area (Å²) < 4.78 is 26.9. The first-order valence-electron chi connectivity index (χ1n) is 6.70. The van der Waals surface area contributed by atoms with Crippen LogP contribution in [0, 0.1) is 11.6 Å². The molecule has 0 aliphatic heterocycles. The lowest BCUT2D eigenvalue weighted by atomic mass is 9.95. The molecule has 3 nitrogen and oxygen atoms in total. The third-order valence-corrected chi connectivity index (χ3v) is 3.68. The van der Waals surface area contributed by atoms with Gasteiger partial charge in [-0.3, -0.25) is 4.99 Å². The van der Waals surface area contributed by atoms with Crippen molar-refractivity contribution < 1.29 is 8.78 Å². The number of guanidine groups is 1. The Labute approximate surface area is 118 Å². The maximum absolute atomic E-state index is 13.9. The normalized spacial score (nSPS) is 15.7. The molecule has 1 aromatic rings. The summed E-state index contributed by atoms with van der Waals surface area (Å²) >= 11 is 0. The van der Waals surface area contributed by atoms with E-state index in [2.05, 4.69) is 4.99 Å². The molecule has 0 amide bonds. The van der Waals surface area contributed by atoms with Gasteiger partial charge in [0.1, 0.15) is 11.6 Å². The minimum Gasteiger partial charge on any atom is -0.349 e. The summed E-state index contributed by atoms with van der Waals surface area (Å²) in [5.41, 5.74) is 0.328. The van der Waals surface area contributed by atoms with E-state index in [1.165, 1.54) is 6.07 Å². The third-order valence-electron chi connectivity index (χ3n) is 3.68. The van der Waals surface area contributed by atoms with E-state index in [0.29, 0.717) is 12.1 Å². The van der Waals surface area contributed by atoms with E-state index >= 15 is 0 Å². The molecule has 20 heavy (non-hydrogen) atoms. The van der Waals surface area contributed by atoms with Crippen LogP contribution < -0.4 is 0 Å². The van der Waals surface area contributed by atoms with Crippen LogP contribution in [0.4, 0.5) is 8.78 Å². The summed E-state index contributed by atoms with van der Waals surface area (Å²) in [6, 6.07) is 3.83. The largest absolute Gasteiger partial charge is 0.349 e. The molecule has 1 aliphatic rings. The molecule has 0 aromatic heterocycles. The smallest absolute Gasteiger partial charge is 0.195 e. The summed E-state index contributed by atoms with van der Waals surface area (Å²) in [5, 5.41) is 0. The van der Waals surface area contributed by atoms with Crippen molar-refractivity contribution in [1.29, 1.82) is 0 Å². The van der Waals surface area contributed by atoms with E-state index in [4.69, 9.17) is 0 Å². The zero-order valence-corrected chi connectivity index (χ0v) is 12.5. The predicted octanol–water partition coefficient (Wildman–Crippen LogP) is 2.48. The highest BCUT2D eigenvalue weighted by Crippen LogP contribution is 2.49. The van der Waals surface area contributed by atoms with Gasteiger partial charge in [0.25, 0.3) is 0 Å². The summed E-state index contributed by atoms with van der Waals surface area (Å²) in [4.78, 5) is 8.46. The van der Waals surface area contributed by atoms with Crippen LogP contribution in [0.25, 0.3) is 0 Å². The standard InChI is InChI=1S/C15H21F2N3/c1-19(2)14(20(3)4)18-10-15(7-8-15)12-6-5-11(16)9-13(12)17/h5-6,9H,7-8,10H2,1-4H3. The minimum atomic E-state index is -0.534. The maximum atomic E-state index is 13.9. The van der Waals surface area contributed by atoms with E-state index in [1.807, 2.05) is 38.0 Å². The number of nitrogens with zero attached hydrogens (tertiary/aromatic N) is 3. The lowest BCUT2D eigenvalue weighted by molar-refractivity contribution is 0.474. The Balaban J connectivity index is 2.22. The van der Waals surface area contributed by atoms with Crippen molar-refractivity contribution >= 4 is 5.96 Å². The van der Waals surface area contributed by atoms with Gasteiger partial charge in [-0.15, -0.1) is 0 Å². The molecule has 0 radical (unpaired) electrons. The average molecular weight is 281 g/mol. The number of aliphatic imine (C=N–C) groups is 1. The molecule has 110 valence electrons. The number of hydrogen-bond acceptors (Lipinski definition) is 1. The highest BCUT2D eigenvalue weighted by atomic mass is 19.1. The van der Waals surface area contributed by atoms with Gasteiger partial charge < -0.3 is 9.80 Å². The number of halogens is 2. The molecule has 0 bridgehead atoms. The van der Waals surface area contributed by atoms with Crippen molar-refractivity contribution in [3.8, 4) is 0 Å². The molecule has 5 heteroatoms. The van der Waals surface area contributed by atoms with Gasteiger partial charge in [0.15, 0.2) is 5.96 Å². The first kappa shape index (κ1) is 14.8. The second kappa shape index (κ2) is 5.38. The first-order chi connectivity index (χ1) is 9.35. The van der Waals surface area contributed by atoms with Crippen LogP contribution in [-0.4, -0.2) is 50.5 Å². The number of rotatable bonds is 3. The molecule has 2 rings (SSSR count). The SMILES string of the molecule is CN(C)C(=NCC1(c2ccc(F)cc2F)CC1)N(C)C. The molecule has 0 atom stereocenters. The van der Waals surface area contributed by atoms with E-state index < -0.39 is 11.6 Å². The molecule has 0 N–H and O–H groups in total. The summed E-state index contributed by atoms with van der Waals surface area (Å²) in [6.07, 6.45) is 1.79. The molecule has 0 spiro atoms. The molecule has 1 saturated carbocycles. The summed E-state index contributed by atoms with van der Waals surface area (Å²) in [7, 11) is 7.71. The Kier molecular flexibility index (Phi) is 3.97. The Morgan fingerprint density at radius 2 is 1.75 bits per heavy atom. The van der Waals surface area contributed by atoms with E-state index in [9.17, 15) is 8.78 Å². The maximum Gasteiger partial charge on any atom is 0.195 e. The van der Waals surface area contributed by atoms with E-state index in [0.717, 1.165) is 24.9 Å². The number of hydrogen-bond donors (Lipinski definition) is 0. The lowest BCUT2D eigenvalue weighted by Gasteiger charge is -2.24. The van der Waals surface area contributed by atoms with Crippen molar-refractivity contribution in [2.45, 2.75) is 18.3 Å². The molecule has 0 saturated heterocycles. The van der Waals surface area contributed by atoms with Crippen LogP contribution in [0.15, 0.2) is 23.2 Å². The third kappa shape index (κ3) is 2.92. The lowest BCUT2D eigenvalue weighted by Crippen LogP contribution is -2.36. The Morgan fingerprint density at radius 1 is 1.15 bits per heavy atom. The van der Waals surface area contributed by atoms with Gasteiger partial charge in [-0.25, -0.2) is 8.78 Å². The fourth-order valence-electron chi connectivity index (χ4n) is 2.49. The van der Waals surface area contributed by atoms with Crippen LogP contribution in [0.2, 0.25) is 0 Å².